The van der Waals surface area contributed by atoms with Crippen molar-refractivity contribution in [2.45, 2.75) is 64.6 Å². The number of benzene rings is 2. The molecule has 2 N–H and O–H groups in total. The van der Waals surface area contributed by atoms with Crippen LogP contribution in [0.1, 0.15) is 55.2 Å². The molecule has 2 aromatic carbocycles. The van der Waals surface area contributed by atoms with Gasteiger partial charge in [-0.1, -0.05) is 23.8 Å². The lowest BCUT2D eigenvalue weighted by molar-refractivity contribution is -0.138. The maximum atomic E-state index is 13.2. The highest BCUT2D eigenvalue weighted by Gasteiger charge is 2.33. The molecule has 0 atom stereocenters. The highest BCUT2D eigenvalue weighted by atomic mass is 19.4. The van der Waals surface area contributed by atoms with Gasteiger partial charge in [0.15, 0.2) is 0 Å². The van der Waals surface area contributed by atoms with Crippen molar-refractivity contribution in [1.82, 2.24) is 5.32 Å². The molecule has 1 saturated heterocycles. The number of rotatable bonds is 6. The summed E-state index contributed by atoms with van der Waals surface area (Å²) in [5, 5.41) is 6.46. The molecule has 0 bridgehead atoms. The summed E-state index contributed by atoms with van der Waals surface area (Å²) >= 11 is 0. The Balaban J connectivity index is 1.17. The number of anilines is 2. The van der Waals surface area contributed by atoms with Gasteiger partial charge in [0.2, 0.25) is 5.91 Å². The molecule has 7 heteroatoms. The third kappa shape index (κ3) is 6.71. The molecule has 1 aliphatic heterocycles. The van der Waals surface area contributed by atoms with E-state index in [9.17, 15) is 18.0 Å². The van der Waals surface area contributed by atoms with Gasteiger partial charge in [-0.15, -0.1) is 0 Å². The first-order chi connectivity index (χ1) is 16.7. The fraction of sp³-hybridized carbons (Fsp3) is 0.536. The quantitative estimate of drug-likeness (QED) is 0.501. The van der Waals surface area contributed by atoms with E-state index < -0.39 is 11.7 Å². The first-order valence-electron chi connectivity index (χ1n) is 12.7. The number of piperidine rings is 1. The van der Waals surface area contributed by atoms with E-state index in [4.69, 9.17) is 0 Å². The summed E-state index contributed by atoms with van der Waals surface area (Å²) in [6.07, 6.45) is 1.10. The molecule has 0 aromatic heterocycles. The number of carbonyl (C=O) groups excluding carboxylic acids is 1. The lowest BCUT2D eigenvalue weighted by atomic mass is 9.85. The molecule has 4 nitrogen and oxygen atoms in total. The fourth-order valence-corrected chi connectivity index (χ4v) is 5.31. The summed E-state index contributed by atoms with van der Waals surface area (Å²) in [6.45, 7) is 6.05. The van der Waals surface area contributed by atoms with Gasteiger partial charge in [0, 0.05) is 43.0 Å². The van der Waals surface area contributed by atoms with Gasteiger partial charge in [-0.05, 0) is 88.1 Å². The van der Waals surface area contributed by atoms with Gasteiger partial charge in [0.05, 0.1) is 5.56 Å². The van der Waals surface area contributed by atoms with E-state index in [1.807, 2.05) is 0 Å². The summed E-state index contributed by atoms with van der Waals surface area (Å²) in [4.78, 5) is 15.1. The van der Waals surface area contributed by atoms with Gasteiger partial charge in [-0.2, -0.15) is 13.2 Å². The van der Waals surface area contributed by atoms with E-state index in [-0.39, 0.29) is 23.4 Å². The number of nitrogens with one attached hydrogen (secondary N) is 2. The minimum Gasteiger partial charge on any atom is -0.382 e. The van der Waals surface area contributed by atoms with Crippen molar-refractivity contribution >= 4 is 17.3 Å². The zero-order valence-electron chi connectivity index (χ0n) is 20.6. The van der Waals surface area contributed by atoms with Crippen molar-refractivity contribution < 1.29 is 18.0 Å². The Morgan fingerprint density at radius 2 is 1.60 bits per heavy atom. The summed E-state index contributed by atoms with van der Waals surface area (Å²) in [7, 11) is 0. The molecule has 2 aliphatic rings. The molecule has 0 unspecified atom stereocenters. The first-order valence-corrected chi connectivity index (χ1v) is 12.7. The average molecular weight is 488 g/mol. The van der Waals surface area contributed by atoms with Crippen LogP contribution >= 0.6 is 0 Å². The lowest BCUT2D eigenvalue weighted by Crippen LogP contribution is -2.42. The number of hydrogen-bond donors (Lipinski definition) is 2. The summed E-state index contributed by atoms with van der Waals surface area (Å²) in [5.41, 5.74) is 2.65. The number of hydrogen-bond acceptors (Lipinski definition) is 3. The maximum absolute atomic E-state index is 13.2. The monoisotopic (exact) mass is 487 g/mol. The zero-order chi connectivity index (χ0) is 25.0. The Hall–Kier alpha value is -2.70. The van der Waals surface area contributed by atoms with Crippen molar-refractivity contribution in [3.63, 3.8) is 0 Å². The molecule has 190 valence electrons. The van der Waals surface area contributed by atoms with Crippen molar-refractivity contribution in [1.29, 1.82) is 0 Å². The van der Waals surface area contributed by atoms with E-state index in [0.29, 0.717) is 18.2 Å². The van der Waals surface area contributed by atoms with Crippen LogP contribution < -0.4 is 15.5 Å². The van der Waals surface area contributed by atoms with Crippen LogP contribution in [0.15, 0.2) is 42.5 Å². The standard InChI is InChI=1S/C28H36F3N3O/c1-19-3-11-25(12-4-19)34-15-13-22(14-16-34)27(35)32-18-21-6-9-23(10-7-21)33-24-8-5-20(2)26(17-24)28(29,30)31/h3-5,8,11-12,17,21-23,33H,6-7,9-10,13-16,18H2,1-2H3,(H,32,35). The number of carbonyl (C=O) groups is 1. The Bertz CT molecular complexity index is 989. The Kier molecular flexibility index (Phi) is 7.92. The first kappa shape index (κ1) is 25.4. The second kappa shape index (κ2) is 10.9. The normalized spacial score (nSPS) is 21.6. The molecule has 1 amide bonds. The predicted octanol–water partition coefficient (Wildman–Crippen LogP) is 6.33. The van der Waals surface area contributed by atoms with Crippen LogP contribution in [-0.2, 0) is 11.0 Å². The summed E-state index contributed by atoms with van der Waals surface area (Å²) in [5.74, 6) is 0.653. The Morgan fingerprint density at radius 1 is 0.943 bits per heavy atom. The van der Waals surface area contributed by atoms with E-state index in [2.05, 4.69) is 46.7 Å². The summed E-state index contributed by atoms with van der Waals surface area (Å²) < 4.78 is 39.6. The third-order valence-electron chi connectivity index (χ3n) is 7.59. The third-order valence-corrected chi connectivity index (χ3v) is 7.59. The number of halogens is 3. The second-order valence-corrected chi connectivity index (χ2v) is 10.2. The topological polar surface area (TPSA) is 44.4 Å². The maximum Gasteiger partial charge on any atom is 0.416 e. The van der Waals surface area contributed by atoms with Crippen LogP contribution in [0.5, 0.6) is 0 Å². The van der Waals surface area contributed by atoms with Crippen LogP contribution in [0.2, 0.25) is 0 Å². The van der Waals surface area contributed by atoms with E-state index in [0.717, 1.165) is 51.6 Å². The Morgan fingerprint density at radius 3 is 2.23 bits per heavy atom. The van der Waals surface area contributed by atoms with Gasteiger partial charge >= 0.3 is 6.18 Å². The van der Waals surface area contributed by atoms with Gasteiger partial charge in [-0.3, -0.25) is 4.79 Å². The molecule has 2 fully saturated rings. The van der Waals surface area contributed by atoms with Gasteiger partial charge in [-0.25, -0.2) is 0 Å². The number of nitrogens with zero attached hydrogens (tertiary/aromatic N) is 1. The van der Waals surface area contributed by atoms with Crippen LogP contribution in [0.4, 0.5) is 24.5 Å². The van der Waals surface area contributed by atoms with Gasteiger partial charge in [0.25, 0.3) is 0 Å². The van der Waals surface area contributed by atoms with E-state index >= 15 is 0 Å². The molecule has 35 heavy (non-hydrogen) atoms. The molecule has 4 rings (SSSR count). The minimum absolute atomic E-state index is 0.0686. The average Bonchev–Trinajstić information content (AvgIpc) is 2.84. The van der Waals surface area contributed by atoms with Gasteiger partial charge < -0.3 is 15.5 Å². The van der Waals surface area contributed by atoms with E-state index in [1.54, 1.807) is 6.07 Å². The molecule has 0 radical (unpaired) electrons. The van der Waals surface area contributed by atoms with Crippen molar-refractivity contribution in [3.05, 3.63) is 59.2 Å². The Labute approximate surface area is 206 Å². The van der Waals surface area contributed by atoms with Crippen LogP contribution in [0.25, 0.3) is 0 Å². The minimum atomic E-state index is -4.34. The van der Waals surface area contributed by atoms with Crippen molar-refractivity contribution in [2.24, 2.45) is 11.8 Å². The van der Waals surface area contributed by atoms with E-state index in [1.165, 1.54) is 30.3 Å². The predicted molar refractivity (Wildman–Crippen MR) is 135 cm³/mol. The number of alkyl halides is 3. The largest absolute Gasteiger partial charge is 0.416 e. The molecule has 1 saturated carbocycles. The zero-order valence-corrected chi connectivity index (χ0v) is 20.6. The highest BCUT2D eigenvalue weighted by Crippen LogP contribution is 2.34. The number of aryl methyl sites for hydroxylation is 2. The van der Waals surface area contributed by atoms with Crippen LogP contribution in [0, 0.1) is 25.7 Å². The van der Waals surface area contributed by atoms with Gasteiger partial charge in [0.1, 0.15) is 0 Å². The van der Waals surface area contributed by atoms with Crippen molar-refractivity contribution in [2.75, 3.05) is 29.9 Å². The molecule has 0 spiro atoms. The smallest absolute Gasteiger partial charge is 0.382 e. The molecule has 1 heterocycles. The molecule has 1 aliphatic carbocycles. The fourth-order valence-electron chi connectivity index (χ4n) is 5.31. The highest BCUT2D eigenvalue weighted by molar-refractivity contribution is 5.79. The lowest BCUT2D eigenvalue weighted by Gasteiger charge is -2.34. The summed E-state index contributed by atoms with van der Waals surface area (Å²) in [6, 6.07) is 13.2. The molecular weight excluding hydrogens is 451 g/mol. The second-order valence-electron chi connectivity index (χ2n) is 10.2. The van der Waals surface area contributed by atoms with Crippen LogP contribution in [0.3, 0.4) is 0 Å². The van der Waals surface area contributed by atoms with Crippen LogP contribution in [-0.4, -0.2) is 31.6 Å². The SMILES string of the molecule is Cc1ccc(N2CCC(C(=O)NCC3CCC(Nc4ccc(C)c(C(F)(F)F)c4)CC3)CC2)cc1. The number of amides is 1. The van der Waals surface area contributed by atoms with Crippen molar-refractivity contribution in [3.8, 4) is 0 Å². The molecular formula is C28H36F3N3O. The molecule has 2 aromatic rings.